The summed E-state index contributed by atoms with van der Waals surface area (Å²) >= 11 is 0. The highest BCUT2D eigenvalue weighted by molar-refractivity contribution is 5.46. The molecule has 0 saturated carbocycles. The van der Waals surface area contributed by atoms with Crippen molar-refractivity contribution in [2.75, 3.05) is 5.32 Å². The van der Waals surface area contributed by atoms with Crippen LogP contribution in [0.15, 0.2) is 36.7 Å². The molecule has 0 radical (unpaired) electrons. The van der Waals surface area contributed by atoms with Gasteiger partial charge in [-0.2, -0.15) is 0 Å². The van der Waals surface area contributed by atoms with E-state index in [0.29, 0.717) is 12.1 Å². The maximum Gasteiger partial charge on any atom is 0.126 e. The lowest BCUT2D eigenvalue weighted by atomic mass is 10.1. The highest BCUT2D eigenvalue weighted by Crippen LogP contribution is 2.15. The summed E-state index contributed by atoms with van der Waals surface area (Å²) in [6.45, 7) is 4.51. The van der Waals surface area contributed by atoms with Crippen molar-refractivity contribution in [3.05, 3.63) is 59.2 Å². The first kappa shape index (κ1) is 11.6. The Bertz CT molecular complexity index is 523. The molecule has 17 heavy (non-hydrogen) atoms. The molecule has 88 valence electrons. The minimum absolute atomic E-state index is 0.173. The summed E-state index contributed by atoms with van der Waals surface area (Å²) < 4.78 is 13.1. The zero-order valence-corrected chi connectivity index (χ0v) is 10.00. The zero-order valence-electron chi connectivity index (χ0n) is 10.00. The maximum absolute atomic E-state index is 13.1. The van der Waals surface area contributed by atoms with Gasteiger partial charge in [0.25, 0.3) is 0 Å². The fourth-order valence-electron chi connectivity index (χ4n) is 1.63. The van der Waals surface area contributed by atoms with E-state index in [0.717, 1.165) is 11.3 Å². The van der Waals surface area contributed by atoms with E-state index in [1.54, 1.807) is 25.3 Å². The Kier molecular flexibility index (Phi) is 3.38. The van der Waals surface area contributed by atoms with Crippen molar-refractivity contribution in [1.29, 1.82) is 0 Å². The molecule has 2 aromatic rings. The van der Waals surface area contributed by atoms with E-state index >= 15 is 0 Å². The normalized spacial score (nSPS) is 10.3. The number of pyridine rings is 1. The van der Waals surface area contributed by atoms with Crippen LogP contribution in [0.25, 0.3) is 0 Å². The number of aromatic nitrogens is 1. The van der Waals surface area contributed by atoms with Crippen LogP contribution in [0, 0.1) is 19.7 Å². The Labute approximate surface area is 101 Å². The summed E-state index contributed by atoms with van der Waals surface area (Å²) in [5.41, 5.74) is 3.92. The first-order valence-electron chi connectivity index (χ1n) is 5.56. The van der Waals surface area contributed by atoms with Gasteiger partial charge in [-0.25, -0.2) is 4.39 Å². The van der Waals surface area contributed by atoms with Gasteiger partial charge < -0.3 is 5.32 Å². The fourth-order valence-corrected chi connectivity index (χ4v) is 1.63. The van der Waals surface area contributed by atoms with Gasteiger partial charge in [-0.1, -0.05) is 0 Å². The quantitative estimate of drug-likeness (QED) is 0.873. The lowest BCUT2D eigenvalue weighted by Crippen LogP contribution is -2.02. The number of aryl methyl sites for hydroxylation is 2. The number of rotatable bonds is 3. The van der Waals surface area contributed by atoms with Crippen molar-refractivity contribution >= 4 is 5.69 Å². The average molecular weight is 230 g/mol. The topological polar surface area (TPSA) is 24.9 Å². The van der Waals surface area contributed by atoms with E-state index in [9.17, 15) is 4.39 Å². The molecule has 0 saturated heterocycles. The van der Waals surface area contributed by atoms with Gasteiger partial charge in [0, 0.05) is 24.6 Å². The molecular formula is C14H15FN2. The van der Waals surface area contributed by atoms with Crippen LogP contribution in [-0.2, 0) is 6.54 Å². The summed E-state index contributed by atoms with van der Waals surface area (Å²) in [4.78, 5) is 4.09. The summed E-state index contributed by atoms with van der Waals surface area (Å²) in [5, 5.41) is 3.26. The first-order valence-corrected chi connectivity index (χ1v) is 5.56. The molecule has 2 nitrogen and oxygen atoms in total. The first-order chi connectivity index (χ1) is 8.16. The number of halogens is 1. The molecule has 1 N–H and O–H groups in total. The molecule has 0 atom stereocenters. The number of benzene rings is 1. The lowest BCUT2D eigenvalue weighted by molar-refractivity contribution is 0.618. The van der Waals surface area contributed by atoms with Crippen LogP contribution in [0.5, 0.6) is 0 Å². The molecular weight excluding hydrogens is 215 g/mol. The van der Waals surface area contributed by atoms with E-state index in [1.165, 1.54) is 11.6 Å². The molecule has 0 amide bonds. The van der Waals surface area contributed by atoms with Crippen molar-refractivity contribution in [2.45, 2.75) is 20.4 Å². The van der Waals surface area contributed by atoms with Crippen molar-refractivity contribution in [1.82, 2.24) is 4.98 Å². The third-order valence-corrected chi connectivity index (χ3v) is 2.79. The number of nitrogens with one attached hydrogen (secondary N) is 1. The number of nitrogens with zero attached hydrogens (tertiary/aromatic N) is 1. The van der Waals surface area contributed by atoms with Crippen molar-refractivity contribution < 1.29 is 4.39 Å². The fraction of sp³-hybridized carbons (Fsp3) is 0.214. The van der Waals surface area contributed by atoms with Crippen LogP contribution in [0.4, 0.5) is 10.1 Å². The summed E-state index contributed by atoms with van der Waals surface area (Å²) in [5.74, 6) is -0.173. The van der Waals surface area contributed by atoms with Gasteiger partial charge in [0.1, 0.15) is 5.82 Å². The predicted molar refractivity (Wildman–Crippen MR) is 67.4 cm³/mol. The number of anilines is 1. The molecule has 2 rings (SSSR count). The SMILES string of the molecule is Cc1cc(NCc2cnccc2C)ccc1F. The Morgan fingerprint density at radius 2 is 2.00 bits per heavy atom. The van der Waals surface area contributed by atoms with Gasteiger partial charge in [-0.15, -0.1) is 0 Å². The van der Waals surface area contributed by atoms with Crippen LogP contribution < -0.4 is 5.32 Å². The maximum atomic E-state index is 13.1. The molecule has 0 unspecified atom stereocenters. The molecule has 0 aliphatic rings. The average Bonchev–Trinajstić information content (AvgIpc) is 2.32. The van der Waals surface area contributed by atoms with Crippen LogP contribution >= 0.6 is 0 Å². The van der Waals surface area contributed by atoms with E-state index in [1.807, 2.05) is 12.3 Å². The standard InChI is InChI=1S/C14H15FN2/c1-10-5-6-16-8-12(10)9-17-13-3-4-14(15)11(2)7-13/h3-8,17H,9H2,1-2H3. The zero-order chi connectivity index (χ0) is 12.3. The highest BCUT2D eigenvalue weighted by atomic mass is 19.1. The minimum atomic E-state index is -0.173. The summed E-state index contributed by atoms with van der Waals surface area (Å²) in [7, 11) is 0. The minimum Gasteiger partial charge on any atom is -0.381 e. The molecule has 1 aromatic heterocycles. The Morgan fingerprint density at radius 3 is 2.71 bits per heavy atom. The van der Waals surface area contributed by atoms with Gasteiger partial charge in [0.05, 0.1) is 0 Å². The van der Waals surface area contributed by atoms with Gasteiger partial charge in [-0.05, 0) is 54.8 Å². The molecule has 0 bridgehead atoms. The second kappa shape index (κ2) is 4.95. The molecule has 0 aliphatic heterocycles. The van der Waals surface area contributed by atoms with Crippen molar-refractivity contribution in [3.63, 3.8) is 0 Å². The van der Waals surface area contributed by atoms with Crippen molar-refractivity contribution in [2.24, 2.45) is 0 Å². The smallest absolute Gasteiger partial charge is 0.126 e. The largest absolute Gasteiger partial charge is 0.381 e. The molecule has 3 heteroatoms. The van der Waals surface area contributed by atoms with Gasteiger partial charge in [0.15, 0.2) is 0 Å². The Balaban J connectivity index is 2.08. The molecule has 0 spiro atoms. The third-order valence-electron chi connectivity index (χ3n) is 2.79. The Morgan fingerprint density at radius 1 is 1.18 bits per heavy atom. The molecule has 1 heterocycles. The van der Waals surface area contributed by atoms with Gasteiger partial charge >= 0.3 is 0 Å². The van der Waals surface area contributed by atoms with Crippen LogP contribution in [0.3, 0.4) is 0 Å². The lowest BCUT2D eigenvalue weighted by Gasteiger charge is -2.09. The molecule has 0 fully saturated rings. The predicted octanol–water partition coefficient (Wildman–Crippen LogP) is 3.45. The van der Waals surface area contributed by atoms with E-state index in [4.69, 9.17) is 0 Å². The number of hydrogen-bond donors (Lipinski definition) is 1. The highest BCUT2D eigenvalue weighted by Gasteiger charge is 2.00. The second-order valence-electron chi connectivity index (χ2n) is 4.12. The second-order valence-corrected chi connectivity index (χ2v) is 4.12. The van der Waals surface area contributed by atoms with Gasteiger partial charge in [-0.3, -0.25) is 4.98 Å². The molecule has 0 aliphatic carbocycles. The van der Waals surface area contributed by atoms with E-state index in [2.05, 4.69) is 17.2 Å². The summed E-state index contributed by atoms with van der Waals surface area (Å²) in [6, 6.07) is 7.01. The van der Waals surface area contributed by atoms with Crippen molar-refractivity contribution in [3.8, 4) is 0 Å². The van der Waals surface area contributed by atoms with Crippen LogP contribution in [-0.4, -0.2) is 4.98 Å². The summed E-state index contributed by atoms with van der Waals surface area (Å²) in [6.07, 6.45) is 3.62. The van der Waals surface area contributed by atoms with E-state index in [-0.39, 0.29) is 5.82 Å². The Hall–Kier alpha value is -1.90. The number of hydrogen-bond acceptors (Lipinski definition) is 2. The van der Waals surface area contributed by atoms with Gasteiger partial charge in [0.2, 0.25) is 0 Å². The van der Waals surface area contributed by atoms with Crippen LogP contribution in [0.2, 0.25) is 0 Å². The van der Waals surface area contributed by atoms with Crippen LogP contribution in [0.1, 0.15) is 16.7 Å². The van der Waals surface area contributed by atoms with E-state index < -0.39 is 0 Å². The monoisotopic (exact) mass is 230 g/mol. The third kappa shape index (κ3) is 2.81. The molecule has 1 aromatic carbocycles.